The van der Waals surface area contributed by atoms with E-state index in [1.807, 2.05) is 30.3 Å². The van der Waals surface area contributed by atoms with Crippen molar-refractivity contribution in [2.24, 2.45) is 0 Å². The summed E-state index contributed by atoms with van der Waals surface area (Å²) >= 11 is 0. The third kappa shape index (κ3) is 9.72. The van der Waals surface area contributed by atoms with Crippen LogP contribution in [0.25, 0.3) is 0 Å². The van der Waals surface area contributed by atoms with Crippen molar-refractivity contribution in [3.8, 4) is 0 Å². The maximum Gasteiger partial charge on any atom is 2.00 e. The van der Waals surface area contributed by atoms with Crippen molar-refractivity contribution in [2.45, 2.75) is 0 Å². The minimum absolute atomic E-state index is 0. The Hall–Kier alpha value is -2.44. The van der Waals surface area contributed by atoms with Gasteiger partial charge in [-0.05, 0) is 10.6 Å². The second-order valence-electron chi connectivity index (χ2n) is 5.30. The molecule has 0 amide bonds. The predicted octanol–water partition coefficient (Wildman–Crippen LogP) is 4.82. The van der Waals surface area contributed by atoms with Gasteiger partial charge in [0.15, 0.2) is 0 Å². The van der Waals surface area contributed by atoms with Crippen LogP contribution in [0.5, 0.6) is 0 Å². The normalized spacial score (nSPS) is 8.89. The first kappa shape index (κ1) is 22.6. The minimum atomic E-state index is -0.866. The molecule has 0 spiro atoms. The van der Waals surface area contributed by atoms with Gasteiger partial charge >= 0.3 is 17.1 Å². The molecule has 27 heavy (non-hydrogen) atoms. The van der Waals surface area contributed by atoms with Crippen LogP contribution in [0.1, 0.15) is 10.4 Å². The summed E-state index contributed by atoms with van der Waals surface area (Å²) in [7, 11) is 0.777. The Bertz CT molecular complexity index is 772. The third-order valence-corrected chi connectivity index (χ3v) is 4.55. The van der Waals surface area contributed by atoms with Gasteiger partial charge < -0.3 is 5.11 Å². The van der Waals surface area contributed by atoms with E-state index in [-0.39, 0.29) is 17.1 Å². The van der Waals surface area contributed by atoms with Crippen molar-refractivity contribution in [3.63, 3.8) is 0 Å². The van der Waals surface area contributed by atoms with Gasteiger partial charge in [-0.2, -0.15) is 30.3 Å². The van der Waals surface area contributed by atoms with E-state index >= 15 is 0 Å². The van der Waals surface area contributed by atoms with Crippen LogP contribution in [0.2, 0.25) is 0 Å². The molecule has 0 radical (unpaired) electrons. The minimum Gasteiger partial charge on any atom is -0.487 e. The van der Waals surface area contributed by atoms with E-state index in [2.05, 4.69) is 60.7 Å². The number of benzene rings is 2. The molecule has 0 aliphatic carbocycles. The zero-order valence-electron chi connectivity index (χ0n) is 14.7. The van der Waals surface area contributed by atoms with Crippen LogP contribution in [0.15, 0.2) is 115 Å². The first-order valence-electron chi connectivity index (χ1n) is 8.24. The fourth-order valence-electron chi connectivity index (χ4n) is 2.05. The summed E-state index contributed by atoms with van der Waals surface area (Å²) in [4.78, 5) is 10.1. The van der Waals surface area contributed by atoms with Crippen molar-refractivity contribution in [1.29, 1.82) is 0 Å². The Morgan fingerprint density at radius 3 is 1.48 bits per heavy atom. The Balaban J connectivity index is 0.000000223. The molecule has 0 atom stereocenters. The van der Waals surface area contributed by atoms with Crippen LogP contribution >= 0.6 is 8.58 Å². The number of aromatic carboxylic acids is 1. The molecule has 4 aromatic carbocycles. The van der Waals surface area contributed by atoms with Crippen molar-refractivity contribution in [2.75, 3.05) is 0 Å². The summed E-state index contributed by atoms with van der Waals surface area (Å²) in [6, 6.07) is 37.7. The van der Waals surface area contributed by atoms with Crippen molar-refractivity contribution in [1.82, 2.24) is 0 Å². The fourth-order valence-corrected chi connectivity index (χ4v) is 3.10. The smallest absolute Gasteiger partial charge is 0.487 e. The molecule has 138 valence electrons. The summed E-state index contributed by atoms with van der Waals surface area (Å²) in [6.07, 6.45) is 0. The third-order valence-electron chi connectivity index (χ3n) is 3.30. The number of hydrogen-bond acceptors (Lipinski definition) is 1. The van der Waals surface area contributed by atoms with E-state index in [0.717, 1.165) is 8.58 Å². The van der Waals surface area contributed by atoms with E-state index in [1.54, 1.807) is 24.3 Å². The molecule has 0 unspecified atom stereocenters. The summed E-state index contributed by atoms with van der Waals surface area (Å²) in [5.41, 5.74) is 0.352. The maximum atomic E-state index is 10.1. The second-order valence-corrected chi connectivity index (χ2v) is 6.70. The van der Waals surface area contributed by atoms with Crippen LogP contribution in [0.4, 0.5) is 0 Å². The number of carboxylic acids is 1. The van der Waals surface area contributed by atoms with Crippen LogP contribution in [0, 0.1) is 0 Å². The molecule has 4 rings (SSSR count). The summed E-state index contributed by atoms with van der Waals surface area (Å²) in [5, 5.41) is 11.1. The second kappa shape index (κ2) is 13.7. The molecular weight excluding hydrogens is 395 g/mol. The Labute approximate surface area is 172 Å². The molecule has 0 saturated carbocycles. The van der Waals surface area contributed by atoms with Gasteiger partial charge in [0, 0.05) is 0 Å². The van der Waals surface area contributed by atoms with Gasteiger partial charge in [0.2, 0.25) is 0 Å². The number of carbonyl (C=O) groups is 1. The van der Waals surface area contributed by atoms with E-state index in [1.165, 1.54) is 10.6 Å². The predicted molar refractivity (Wildman–Crippen MR) is 111 cm³/mol. The molecule has 1 N–H and O–H groups in total. The monoisotopic (exact) mass is 416 g/mol. The quantitative estimate of drug-likeness (QED) is 0.295. The zero-order valence-corrected chi connectivity index (χ0v) is 16.8. The largest absolute Gasteiger partial charge is 2.00 e. The molecule has 4 heteroatoms. The Morgan fingerprint density at radius 1 is 0.741 bits per heavy atom. The average Bonchev–Trinajstić information content (AvgIpc) is 3.41. The van der Waals surface area contributed by atoms with Gasteiger partial charge in [-0.3, -0.25) is 4.79 Å². The average molecular weight is 416 g/mol. The summed E-state index contributed by atoms with van der Waals surface area (Å²) in [5.74, 6) is -0.866. The van der Waals surface area contributed by atoms with Crippen molar-refractivity contribution >= 4 is 25.2 Å². The number of carboxylic acid groups (broad SMARTS) is 1. The molecule has 4 aromatic rings. The van der Waals surface area contributed by atoms with Gasteiger partial charge in [-0.15, -0.1) is 0 Å². The van der Waals surface area contributed by atoms with Gasteiger partial charge in [-0.25, -0.2) is 24.3 Å². The first-order chi connectivity index (χ1) is 12.8. The van der Waals surface area contributed by atoms with Crippen LogP contribution in [-0.2, 0) is 17.1 Å². The van der Waals surface area contributed by atoms with Crippen LogP contribution in [0.3, 0.4) is 0 Å². The maximum absolute atomic E-state index is 10.1. The molecule has 0 aliphatic heterocycles. The Kier molecular flexibility index (Phi) is 11.5. The topological polar surface area (TPSA) is 37.3 Å². The molecule has 0 aromatic heterocycles. The van der Waals surface area contributed by atoms with Gasteiger partial charge in [-0.1, -0.05) is 74.8 Å². The SMILES string of the molecule is O=C(O)[c-]1cccc1.[Fe+2].c1cc[cH-]c1.c1ccc(Pc2ccccc2)cc1. The van der Waals surface area contributed by atoms with Crippen molar-refractivity contribution < 1.29 is 27.0 Å². The molecule has 0 heterocycles. The molecule has 0 saturated heterocycles. The van der Waals surface area contributed by atoms with E-state index < -0.39 is 5.97 Å². The molecule has 0 bridgehead atoms. The zero-order chi connectivity index (χ0) is 18.5. The molecule has 0 fully saturated rings. The van der Waals surface area contributed by atoms with Gasteiger partial charge in [0.1, 0.15) is 0 Å². The van der Waals surface area contributed by atoms with Crippen LogP contribution < -0.4 is 10.6 Å². The Morgan fingerprint density at radius 2 is 1.19 bits per heavy atom. The molecular formula is C23H21FeO2P. The van der Waals surface area contributed by atoms with E-state index in [9.17, 15) is 4.79 Å². The number of hydrogen-bond donors (Lipinski definition) is 1. The molecule has 0 aliphatic rings. The number of rotatable bonds is 3. The van der Waals surface area contributed by atoms with Gasteiger partial charge in [0.05, 0.1) is 0 Å². The van der Waals surface area contributed by atoms with Crippen molar-refractivity contribution in [3.05, 3.63) is 121 Å². The first-order valence-corrected chi connectivity index (χ1v) is 9.24. The fraction of sp³-hybridized carbons (Fsp3) is 0. The standard InChI is InChI=1S/C12H11P.C6H5O2.C5H5.Fe/c1-3-7-11(8-4-1)13-12-9-5-2-6-10-12;7-6(8)5-3-1-2-4-5;1-2-4-5-3-1;/h1-10,13H;1-4H,(H,7,8);1-5H;/q;2*-1;+2. The molecule has 2 nitrogen and oxygen atoms in total. The summed E-state index contributed by atoms with van der Waals surface area (Å²) < 4.78 is 0. The van der Waals surface area contributed by atoms with E-state index in [4.69, 9.17) is 5.11 Å². The summed E-state index contributed by atoms with van der Waals surface area (Å²) in [6.45, 7) is 0. The van der Waals surface area contributed by atoms with E-state index in [0.29, 0.717) is 5.56 Å². The van der Waals surface area contributed by atoms with Crippen LogP contribution in [-0.4, -0.2) is 11.1 Å². The van der Waals surface area contributed by atoms with Gasteiger partial charge in [0.25, 0.3) is 5.97 Å².